The lowest BCUT2D eigenvalue weighted by Gasteiger charge is -2.26. The number of anilines is 1. The predicted molar refractivity (Wildman–Crippen MR) is 78.9 cm³/mol. The van der Waals surface area contributed by atoms with E-state index in [9.17, 15) is 10.1 Å². The first-order valence-corrected chi connectivity index (χ1v) is 7.47. The third kappa shape index (κ3) is 3.11. The van der Waals surface area contributed by atoms with Crippen LogP contribution in [0.3, 0.4) is 0 Å². The molecule has 20 heavy (non-hydrogen) atoms. The van der Waals surface area contributed by atoms with Gasteiger partial charge in [-0.1, -0.05) is 26.7 Å². The molecule has 0 saturated heterocycles. The largest absolute Gasteiger partial charge is 0.364 e. The van der Waals surface area contributed by atoms with Crippen LogP contribution in [0.4, 0.5) is 11.5 Å². The molecule has 0 aliphatic heterocycles. The fourth-order valence-corrected chi connectivity index (χ4v) is 2.97. The lowest BCUT2D eigenvalue weighted by Crippen LogP contribution is -2.21. The van der Waals surface area contributed by atoms with Crippen LogP contribution in [0.15, 0.2) is 0 Å². The quantitative estimate of drug-likeness (QED) is 0.664. The van der Waals surface area contributed by atoms with Gasteiger partial charge in [0.15, 0.2) is 0 Å². The highest BCUT2D eigenvalue weighted by Crippen LogP contribution is 2.31. The van der Waals surface area contributed by atoms with Crippen molar-refractivity contribution in [3.05, 3.63) is 15.8 Å². The standard InChI is InChI=1S/C14H24N4O2/c1-4-12-13(18(19)20)14(17(3)16-12)15-9-11-7-5-10(2)6-8-11/h10-11,15H,4-9H2,1-3H3. The molecule has 0 radical (unpaired) electrons. The molecular weight excluding hydrogens is 256 g/mol. The SMILES string of the molecule is CCc1nn(C)c(NCC2CCC(C)CC2)c1[N+](=O)[O-]. The van der Waals surface area contributed by atoms with Crippen LogP contribution in [0.2, 0.25) is 0 Å². The molecule has 1 aliphatic rings. The number of rotatable bonds is 5. The van der Waals surface area contributed by atoms with E-state index in [-0.39, 0.29) is 10.6 Å². The van der Waals surface area contributed by atoms with Gasteiger partial charge in [-0.3, -0.25) is 10.1 Å². The molecule has 0 atom stereocenters. The van der Waals surface area contributed by atoms with Crippen LogP contribution in [0.5, 0.6) is 0 Å². The smallest absolute Gasteiger partial charge is 0.333 e. The molecule has 0 aromatic carbocycles. The molecule has 2 rings (SSSR count). The van der Waals surface area contributed by atoms with E-state index in [2.05, 4.69) is 17.3 Å². The van der Waals surface area contributed by atoms with Crippen molar-refractivity contribution in [1.29, 1.82) is 0 Å². The molecule has 6 nitrogen and oxygen atoms in total. The van der Waals surface area contributed by atoms with Crippen LogP contribution in [0, 0.1) is 22.0 Å². The highest BCUT2D eigenvalue weighted by Gasteiger charge is 2.26. The summed E-state index contributed by atoms with van der Waals surface area (Å²) in [6.07, 6.45) is 5.52. The first kappa shape index (κ1) is 14.8. The average Bonchev–Trinajstić information content (AvgIpc) is 2.74. The normalized spacial score (nSPS) is 22.8. The zero-order valence-corrected chi connectivity index (χ0v) is 12.6. The van der Waals surface area contributed by atoms with E-state index in [4.69, 9.17) is 0 Å². The number of hydrogen-bond acceptors (Lipinski definition) is 4. The Balaban J connectivity index is 2.05. The fraction of sp³-hybridized carbons (Fsp3) is 0.786. The average molecular weight is 280 g/mol. The van der Waals surface area contributed by atoms with Crippen LogP contribution >= 0.6 is 0 Å². The lowest BCUT2D eigenvalue weighted by atomic mass is 9.83. The number of nitrogens with zero attached hydrogens (tertiary/aromatic N) is 3. The lowest BCUT2D eigenvalue weighted by molar-refractivity contribution is -0.384. The van der Waals surface area contributed by atoms with E-state index in [0.717, 1.165) is 12.5 Å². The van der Waals surface area contributed by atoms with Crippen molar-refractivity contribution < 1.29 is 4.92 Å². The van der Waals surface area contributed by atoms with E-state index in [0.29, 0.717) is 23.9 Å². The molecule has 0 bridgehead atoms. The van der Waals surface area contributed by atoms with Gasteiger partial charge in [0.05, 0.1) is 4.92 Å². The summed E-state index contributed by atoms with van der Waals surface area (Å²) in [5, 5.41) is 18.7. The van der Waals surface area contributed by atoms with Crippen molar-refractivity contribution >= 4 is 11.5 Å². The van der Waals surface area contributed by atoms with Gasteiger partial charge in [-0.25, -0.2) is 4.68 Å². The Morgan fingerprint density at radius 3 is 2.60 bits per heavy atom. The van der Waals surface area contributed by atoms with Crippen molar-refractivity contribution in [1.82, 2.24) is 9.78 Å². The van der Waals surface area contributed by atoms with E-state index in [1.165, 1.54) is 25.7 Å². The molecule has 112 valence electrons. The minimum Gasteiger partial charge on any atom is -0.364 e. The topological polar surface area (TPSA) is 73.0 Å². The zero-order chi connectivity index (χ0) is 14.7. The summed E-state index contributed by atoms with van der Waals surface area (Å²) in [6.45, 7) is 4.99. The summed E-state index contributed by atoms with van der Waals surface area (Å²) in [5.74, 6) is 1.99. The van der Waals surface area contributed by atoms with Crippen LogP contribution in [0.25, 0.3) is 0 Å². The fourth-order valence-electron chi connectivity index (χ4n) is 2.97. The molecule has 0 spiro atoms. The van der Waals surface area contributed by atoms with Crippen LogP contribution in [0.1, 0.15) is 45.2 Å². The molecule has 1 aliphatic carbocycles. The van der Waals surface area contributed by atoms with Gasteiger partial charge in [-0.2, -0.15) is 5.10 Å². The summed E-state index contributed by atoms with van der Waals surface area (Å²) in [6, 6.07) is 0. The van der Waals surface area contributed by atoms with E-state index < -0.39 is 0 Å². The van der Waals surface area contributed by atoms with Gasteiger partial charge in [0, 0.05) is 13.6 Å². The summed E-state index contributed by atoms with van der Waals surface area (Å²) in [4.78, 5) is 10.9. The highest BCUT2D eigenvalue weighted by molar-refractivity contribution is 5.59. The van der Waals surface area contributed by atoms with E-state index in [1.807, 2.05) is 6.92 Å². The predicted octanol–water partition coefficient (Wildman–Crippen LogP) is 3.13. The van der Waals surface area contributed by atoms with Crippen molar-refractivity contribution in [3.63, 3.8) is 0 Å². The summed E-state index contributed by atoms with van der Waals surface area (Å²) in [7, 11) is 1.76. The Morgan fingerprint density at radius 1 is 1.40 bits per heavy atom. The van der Waals surface area contributed by atoms with Gasteiger partial charge in [0.25, 0.3) is 0 Å². The molecule has 1 heterocycles. The molecule has 1 aromatic rings. The number of nitrogens with one attached hydrogen (secondary N) is 1. The molecular formula is C14H24N4O2. The highest BCUT2D eigenvalue weighted by atomic mass is 16.6. The number of nitro groups is 1. The van der Waals surface area contributed by atoms with Gasteiger partial charge in [-0.15, -0.1) is 0 Å². The van der Waals surface area contributed by atoms with Crippen molar-refractivity contribution in [2.45, 2.75) is 46.0 Å². The molecule has 1 saturated carbocycles. The van der Waals surface area contributed by atoms with Crippen molar-refractivity contribution in [2.24, 2.45) is 18.9 Å². The van der Waals surface area contributed by atoms with Gasteiger partial charge in [0.2, 0.25) is 5.82 Å². The number of aromatic nitrogens is 2. The molecule has 0 amide bonds. The second-order valence-electron chi connectivity index (χ2n) is 5.88. The monoisotopic (exact) mass is 280 g/mol. The van der Waals surface area contributed by atoms with Gasteiger partial charge in [-0.05, 0) is 31.1 Å². The summed E-state index contributed by atoms with van der Waals surface area (Å²) >= 11 is 0. The Kier molecular flexibility index (Phi) is 4.62. The number of hydrogen-bond donors (Lipinski definition) is 1. The Labute approximate surface area is 119 Å². The number of aryl methyl sites for hydroxylation is 2. The first-order chi connectivity index (χ1) is 9.52. The van der Waals surface area contributed by atoms with Gasteiger partial charge in [0.1, 0.15) is 5.69 Å². The summed E-state index contributed by atoms with van der Waals surface area (Å²) in [5.41, 5.74) is 0.691. The van der Waals surface area contributed by atoms with Crippen molar-refractivity contribution in [2.75, 3.05) is 11.9 Å². The molecule has 1 N–H and O–H groups in total. The Bertz CT molecular complexity index is 476. The third-order valence-electron chi connectivity index (χ3n) is 4.30. The second kappa shape index (κ2) is 6.24. The van der Waals surface area contributed by atoms with E-state index in [1.54, 1.807) is 11.7 Å². The minimum atomic E-state index is -0.322. The molecule has 6 heteroatoms. The van der Waals surface area contributed by atoms with E-state index >= 15 is 0 Å². The molecule has 1 aromatic heterocycles. The van der Waals surface area contributed by atoms with Crippen LogP contribution in [-0.4, -0.2) is 21.2 Å². The summed E-state index contributed by atoms with van der Waals surface area (Å²) < 4.78 is 1.60. The maximum atomic E-state index is 11.2. The maximum absolute atomic E-state index is 11.2. The zero-order valence-electron chi connectivity index (χ0n) is 12.6. The minimum absolute atomic E-state index is 0.138. The maximum Gasteiger partial charge on any atom is 0.333 e. The van der Waals surface area contributed by atoms with Gasteiger partial charge >= 0.3 is 5.69 Å². The molecule has 1 fully saturated rings. The third-order valence-corrected chi connectivity index (χ3v) is 4.30. The first-order valence-electron chi connectivity index (χ1n) is 7.47. The van der Waals surface area contributed by atoms with Gasteiger partial charge < -0.3 is 5.32 Å². The van der Waals surface area contributed by atoms with Crippen molar-refractivity contribution in [3.8, 4) is 0 Å². The Morgan fingerprint density at radius 2 is 2.05 bits per heavy atom. The second-order valence-corrected chi connectivity index (χ2v) is 5.88. The van der Waals surface area contributed by atoms with Crippen LogP contribution < -0.4 is 5.32 Å². The molecule has 0 unspecified atom stereocenters. The van der Waals surface area contributed by atoms with Crippen LogP contribution in [-0.2, 0) is 13.5 Å². The Hall–Kier alpha value is -1.59.